The van der Waals surface area contributed by atoms with Crippen LogP contribution >= 0.6 is 0 Å². The summed E-state index contributed by atoms with van der Waals surface area (Å²) in [5, 5.41) is 0. The standard InChI is InChI=1S/C16H21N3O2S/c1-13-5-7-16(8-6-13)22(20,21)19-10-3-4-15(19)12-18-11-9-17-14(18)2/h5-9,11,15H,3-4,10,12H2,1-2H3/t15-/m0/s1. The van der Waals surface area contributed by atoms with Crippen LogP contribution in [0.4, 0.5) is 0 Å². The van der Waals surface area contributed by atoms with Gasteiger partial charge in [0.25, 0.3) is 0 Å². The van der Waals surface area contributed by atoms with E-state index in [1.54, 1.807) is 22.6 Å². The van der Waals surface area contributed by atoms with Crippen molar-refractivity contribution in [2.24, 2.45) is 0 Å². The number of aromatic nitrogens is 2. The van der Waals surface area contributed by atoms with Gasteiger partial charge in [-0.3, -0.25) is 0 Å². The van der Waals surface area contributed by atoms with Gasteiger partial charge in [-0.2, -0.15) is 4.31 Å². The van der Waals surface area contributed by atoms with Crippen LogP contribution in [0.3, 0.4) is 0 Å². The number of aryl methyl sites for hydroxylation is 2. The number of hydrogen-bond acceptors (Lipinski definition) is 3. The van der Waals surface area contributed by atoms with Gasteiger partial charge in [-0.25, -0.2) is 13.4 Å². The molecule has 6 heteroatoms. The van der Waals surface area contributed by atoms with E-state index in [2.05, 4.69) is 4.98 Å². The second-order valence-electron chi connectivity index (χ2n) is 5.85. The molecule has 118 valence electrons. The fourth-order valence-electron chi connectivity index (χ4n) is 2.98. The van der Waals surface area contributed by atoms with Crippen molar-refractivity contribution in [2.45, 2.75) is 44.2 Å². The molecular formula is C16H21N3O2S. The lowest BCUT2D eigenvalue weighted by Crippen LogP contribution is -2.38. The lowest BCUT2D eigenvalue weighted by Gasteiger charge is -2.25. The third kappa shape index (κ3) is 2.80. The van der Waals surface area contributed by atoms with Crippen LogP contribution < -0.4 is 0 Å². The SMILES string of the molecule is Cc1ccc(S(=O)(=O)N2CCC[C@H]2Cn2ccnc2C)cc1. The molecule has 0 amide bonds. The average molecular weight is 319 g/mol. The van der Waals surface area contributed by atoms with Crippen LogP contribution in [0, 0.1) is 13.8 Å². The fourth-order valence-corrected chi connectivity index (χ4v) is 4.66. The molecule has 1 aromatic carbocycles. The maximum Gasteiger partial charge on any atom is 0.243 e. The number of hydrogen-bond donors (Lipinski definition) is 0. The molecule has 1 atom stereocenters. The van der Waals surface area contributed by atoms with E-state index < -0.39 is 10.0 Å². The molecule has 2 heterocycles. The highest BCUT2D eigenvalue weighted by Crippen LogP contribution is 2.27. The molecule has 1 fully saturated rings. The fraction of sp³-hybridized carbons (Fsp3) is 0.438. The van der Waals surface area contributed by atoms with Crippen LogP contribution in [0.1, 0.15) is 24.2 Å². The lowest BCUT2D eigenvalue weighted by molar-refractivity contribution is 0.350. The minimum Gasteiger partial charge on any atom is -0.334 e. The molecule has 22 heavy (non-hydrogen) atoms. The Morgan fingerprint density at radius 2 is 1.95 bits per heavy atom. The van der Waals surface area contributed by atoms with Gasteiger partial charge in [-0.1, -0.05) is 17.7 Å². The molecule has 1 aromatic heterocycles. The molecule has 1 aliphatic rings. The van der Waals surface area contributed by atoms with Crippen molar-refractivity contribution in [3.8, 4) is 0 Å². The van der Waals surface area contributed by atoms with Gasteiger partial charge in [0, 0.05) is 31.5 Å². The van der Waals surface area contributed by atoms with E-state index in [9.17, 15) is 8.42 Å². The number of benzene rings is 1. The van der Waals surface area contributed by atoms with Gasteiger partial charge in [0.05, 0.1) is 4.90 Å². The van der Waals surface area contributed by atoms with Gasteiger partial charge >= 0.3 is 0 Å². The number of nitrogens with zero attached hydrogens (tertiary/aromatic N) is 3. The molecular weight excluding hydrogens is 298 g/mol. The molecule has 0 radical (unpaired) electrons. The van der Waals surface area contributed by atoms with Gasteiger partial charge in [0.15, 0.2) is 0 Å². The van der Waals surface area contributed by atoms with Crippen LogP contribution in [0.25, 0.3) is 0 Å². The molecule has 0 bridgehead atoms. The van der Waals surface area contributed by atoms with Gasteiger partial charge < -0.3 is 4.57 Å². The third-order valence-electron chi connectivity index (χ3n) is 4.28. The quantitative estimate of drug-likeness (QED) is 0.869. The first-order chi connectivity index (χ1) is 10.5. The highest BCUT2D eigenvalue weighted by atomic mass is 32.2. The van der Waals surface area contributed by atoms with Crippen molar-refractivity contribution in [1.29, 1.82) is 0 Å². The minimum atomic E-state index is -3.42. The van der Waals surface area contributed by atoms with E-state index in [4.69, 9.17) is 0 Å². The van der Waals surface area contributed by atoms with Crippen LogP contribution in [-0.4, -0.2) is 34.9 Å². The first-order valence-corrected chi connectivity index (χ1v) is 8.99. The summed E-state index contributed by atoms with van der Waals surface area (Å²) in [6.07, 6.45) is 5.46. The first-order valence-electron chi connectivity index (χ1n) is 7.55. The molecule has 0 saturated carbocycles. The highest BCUT2D eigenvalue weighted by Gasteiger charge is 2.35. The second kappa shape index (κ2) is 5.85. The lowest BCUT2D eigenvalue weighted by atomic mass is 10.2. The largest absolute Gasteiger partial charge is 0.334 e. The third-order valence-corrected chi connectivity index (χ3v) is 6.25. The molecule has 0 aliphatic carbocycles. The zero-order valence-electron chi connectivity index (χ0n) is 12.9. The second-order valence-corrected chi connectivity index (χ2v) is 7.74. The summed E-state index contributed by atoms with van der Waals surface area (Å²) in [5.74, 6) is 0.916. The van der Waals surface area contributed by atoms with Crippen molar-refractivity contribution in [1.82, 2.24) is 13.9 Å². The van der Waals surface area contributed by atoms with E-state index in [0.717, 1.165) is 24.2 Å². The van der Waals surface area contributed by atoms with E-state index in [-0.39, 0.29) is 6.04 Å². The summed E-state index contributed by atoms with van der Waals surface area (Å²) >= 11 is 0. The zero-order valence-corrected chi connectivity index (χ0v) is 13.8. The van der Waals surface area contributed by atoms with Crippen molar-refractivity contribution in [3.63, 3.8) is 0 Å². The van der Waals surface area contributed by atoms with Gasteiger partial charge in [-0.05, 0) is 38.8 Å². The minimum absolute atomic E-state index is 0.000738. The summed E-state index contributed by atoms with van der Waals surface area (Å²) in [4.78, 5) is 4.59. The van der Waals surface area contributed by atoms with Crippen molar-refractivity contribution < 1.29 is 8.42 Å². The summed E-state index contributed by atoms with van der Waals surface area (Å²) in [6.45, 7) is 5.15. The van der Waals surface area contributed by atoms with Crippen molar-refractivity contribution in [2.75, 3.05) is 6.54 Å². The normalized spacial score (nSPS) is 19.6. The molecule has 5 nitrogen and oxygen atoms in total. The Kier molecular flexibility index (Phi) is 4.06. The Hall–Kier alpha value is -1.66. The van der Waals surface area contributed by atoms with E-state index >= 15 is 0 Å². The summed E-state index contributed by atoms with van der Waals surface area (Å²) in [7, 11) is -3.42. The summed E-state index contributed by atoms with van der Waals surface area (Å²) in [6, 6.07) is 7.08. The molecule has 0 unspecified atom stereocenters. The maximum absolute atomic E-state index is 12.9. The van der Waals surface area contributed by atoms with E-state index in [1.165, 1.54) is 0 Å². The Bertz CT molecular complexity index is 750. The molecule has 1 aliphatic heterocycles. The highest BCUT2D eigenvalue weighted by molar-refractivity contribution is 7.89. The Morgan fingerprint density at radius 1 is 1.23 bits per heavy atom. The molecule has 3 rings (SSSR count). The first kappa shape index (κ1) is 15.2. The Labute approximate surface area is 131 Å². The van der Waals surface area contributed by atoms with Gasteiger partial charge in [-0.15, -0.1) is 0 Å². The summed E-state index contributed by atoms with van der Waals surface area (Å²) < 4.78 is 29.4. The summed E-state index contributed by atoms with van der Waals surface area (Å²) in [5.41, 5.74) is 1.06. The van der Waals surface area contributed by atoms with Crippen molar-refractivity contribution in [3.05, 3.63) is 48.0 Å². The van der Waals surface area contributed by atoms with E-state index in [0.29, 0.717) is 18.0 Å². The van der Waals surface area contributed by atoms with Crippen LogP contribution in [0.15, 0.2) is 41.6 Å². The van der Waals surface area contributed by atoms with Crippen LogP contribution in [-0.2, 0) is 16.6 Å². The van der Waals surface area contributed by atoms with Crippen molar-refractivity contribution >= 4 is 10.0 Å². The predicted octanol–water partition coefficient (Wildman–Crippen LogP) is 2.35. The number of imidazole rings is 1. The molecule has 1 saturated heterocycles. The van der Waals surface area contributed by atoms with Gasteiger partial charge in [0.1, 0.15) is 5.82 Å². The number of rotatable bonds is 4. The monoisotopic (exact) mass is 319 g/mol. The maximum atomic E-state index is 12.9. The molecule has 2 aromatic rings. The van der Waals surface area contributed by atoms with E-state index in [1.807, 2.05) is 36.7 Å². The topological polar surface area (TPSA) is 55.2 Å². The number of sulfonamides is 1. The zero-order chi connectivity index (χ0) is 15.7. The Balaban J connectivity index is 1.86. The van der Waals surface area contributed by atoms with Crippen LogP contribution in [0.2, 0.25) is 0 Å². The Morgan fingerprint density at radius 3 is 2.59 bits per heavy atom. The van der Waals surface area contributed by atoms with Gasteiger partial charge in [0.2, 0.25) is 10.0 Å². The molecule has 0 spiro atoms. The van der Waals surface area contributed by atoms with Crippen LogP contribution in [0.5, 0.6) is 0 Å². The predicted molar refractivity (Wildman–Crippen MR) is 85.1 cm³/mol. The average Bonchev–Trinajstić information content (AvgIpc) is 3.10. The molecule has 0 N–H and O–H groups in total. The smallest absolute Gasteiger partial charge is 0.243 e.